The normalized spacial score (nSPS) is 11.5. The quantitative estimate of drug-likeness (QED) is 0.308. The van der Waals surface area contributed by atoms with E-state index < -0.39 is 23.4 Å². The summed E-state index contributed by atoms with van der Waals surface area (Å²) >= 11 is 0. The fourth-order valence-electron chi connectivity index (χ4n) is 1.88. The van der Waals surface area contributed by atoms with Crippen LogP contribution < -0.4 is 21.3 Å². The number of nitrogens with one attached hydrogen (secondary N) is 4. The van der Waals surface area contributed by atoms with Crippen LogP contribution in [-0.4, -0.2) is 61.4 Å². The van der Waals surface area contributed by atoms with Crippen molar-refractivity contribution in [2.45, 2.75) is 65.6 Å². The van der Waals surface area contributed by atoms with Gasteiger partial charge in [-0.15, -0.1) is 0 Å². The van der Waals surface area contributed by atoms with E-state index in [1.165, 1.54) is 0 Å². The topological polar surface area (TPSA) is 135 Å². The van der Waals surface area contributed by atoms with Gasteiger partial charge in [-0.2, -0.15) is 0 Å². The summed E-state index contributed by atoms with van der Waals surface area (Å²) in [5.41, 5.74) is -1.22. The lowest BCUT2D eigenvalue weighted by atomic mass is 10.2. The molecule has 0 saturated heterocycles. The van der Waals surface area contributed by atoms with Gasteiger partial charge < -0.3 is 30.7 Å². The molecule has 0 aliphatic heterocycles. The molecular formula is C20H36N4O6. The Morgan fingerprint density at radius 1 is 0.633 bits per heavy atom. The lowest BCUT2D eigenvalue weighted by Crippen LogP contribution is -2.40. The predicted octanol–water partition coefficient (Wildman–Crippen LogP) is 1.60. The van der Waals surface area contributed by atoms with Crippen LogP contribution in [0.1, 0.15) is 54.4 Å². The van der Waals surface area contributed by atoms with Crippen LogP contribution in [0.5, 0.6) is 0 Å². The molecule has 0 saturated carbocycles. The van der Waals surface area contributed by atoms with Crippen LogP contribution in [0.2, 0.25) is 0 Å². The summed E-state index contributed by atoms with van der Waals surface area (Å²) < 4.78 is 10.1. The minimum absolute atomic E-state index is 0.151. The summed E-state index contributed by atoms with van der Waals surface area (Å²) in [7, 11) is 0. The van der Waals surface area contributed by atoms with Gasteiger partial charge >= 0.3 is 12.2 Å². The van der Waals surface area contributed by atoms with Crippen LogP contribution in [0, 0.1) is 0 Å². The van der Waals surface area contributed by atoms with E-state index in [2.05, 4.69) is 21.3 Å². The molecule has 0 unspecified atom stereocenters. The van der Waals surface area contributed by atoms with Crippen LogP contribution >= 0.6 is 0 Å². The van der Waals surface area contributed by atoms with E-state index >= 15 is 0 Å². The maximum absolute atomic E-state index is 11.6. The minimum atomic E-state index is -0.638. The number of hydrogen-bond acceptors (Lipinski definition) is 6. The van der Waals surface area contributed by atoms with Crippen LogP contribution in [-0.2, 0) is 19.1 Å². The van der Waals surface area contributed by atoms with E-state index in [0.717, 1.165) is 0 Å². The van der Waals surface area contributed by atoms with Crippen molar-refractivity contribution < 1.29 is 28.7 Å². The first-order valence-electron chi connectivity index (χ1n) is 9.90. The van der Waals surface area contributed by atoms with Crippen molar-refractivity contribution in [1.29, 1.82) is 0 Å². The van der Waals surface area contributed by atoms with Gasteiger partial charge in [0.15, 0.2) is 0 Å². The first kappa shape index (κ1) is 27.2. The number of carbonyl (C=O) groups excluding carboxylic acids is 4. The molecule has 172 valence electrons. The number of ether oxygens (including phenoxy) is 2. The summed E-state index contributed by atoms with van der Waals surface area (Å²) in [5.74, 6) is -0.613. The number of carbonyl (C=O) groups is 4. The summed E-state index contributed by atoms with van der Waals surface area (Å²) in [6, 6.07) is 0. The smallest absolute Gasteiger partial charge is 0.408 e. The van der Waals surface area contributed by atoms with Crippen molar-refractivity contribution in [3.05, 3.63) is 12.2 Å². The average molecular weight is 429 g/mol. The largest absolute Gasteiger partial charge is 0.444 e. The zero-order valence-corrected chi connectivity index (χ0v) is 18.8. The molecule has 0 spiro atoms. The molecule has 0 rings (SSSR count). The lowest BCUT2D eigenvalue weighted by Gasteiger charge is -2.19. The van der Waals surface area contributed by atoms with Crippen LogP contribution in [0.25, 0.3) is 0 Å². The molecule has 0 aromatic rings. The maximum Gasteiger partial charge on any atom is 0.408 e. The molecule has 0 atom stereocenters. The number of rotatable bonds is 10. The highest BCUT2D eigenvalue weighted by atomic mass is 16.6. The first-order valence-corrected chi connectivity index (χ1v) is 9.90. The van der Waals surface area contributed by atoms with Gasteiger partial charge in [0, 0.05) is 13.1 Å². The Morgan fingerprint density at radius 2 is 0.967 bits per heavy atom. The number of hydrogen-bond donors (Lipinski definition) is 4. The zero-order valence-electron chi connectivity index (χ0n) is 18.8. The Bertz CT molecular complexity index is 553. The minimum Gasteiger partial charge on any atom is -0.444 e. The van der Waals surface area contributed by atoms with E-state index in [1.807, 2.05) is 12.2 Å². The van der Waals surface area contributed by atoms with E-state index in [1.54, 1.807) is 41.5 Å². The maximum atomic E-state index is 11.6. The van der Waals surface area contributed by atoms with Crippen molar-refractivity contribution in [2.24, 2.45) is 0 Å². The van der Waals surface area contributed by atoms with Crippen molar-refractivity contribution >= 4 is 24.0 Å². The predicted molar refractivity (Wildman–Crippen MR) is 113 cm³/mol. The van der Waals surface area contributed by atoms with Gasteiger partial charge in [-0.1, -0.05) is 12.2 Å². The second-order valence-corrected chi connectivity index (χ2v) is 8.46. The third-order valence-electron chi connectivity index (χ3n) is 3.02. The molecule has 4 amide bonds. The molecular weight excluding hydrogens is 392 g/mol. The molecule has 0 aliphatic carbocycles. The average Bonchev–Trinajstić information content (AvgIpc) is 2.57. The SMILES string of the molecule is CC(C)(C)OC(=O)NCC(=O)NCC/C=C\CCNC(=O)CNC(=O)OC(C)(C)C. The summed E-state index contributed by atoms with van der Waals surface area (Å²) in [4.78, 5) is 46.1. The van der Waals surface area contributed by atoms with Crippen molar-refractivity contribution in [3.63, 3.8) is 0 Å². The second kappa shape index (κ2) is 13.4. The van der Waals surface area contributed by atoms with Crippen LogP contribution in [0.3, 0.4) is 0 Å². The molecule has 0 aliphatic rings. The lowest BCUT2D eigenvalue weighted by molar-refractivity contribution is -0.121. The van der Waals surface area contributed by atoms with Crippen LogP contribution in [0.15, 0.2) is 12.2 Å². The molecule has 0 bridgehead atoms. The van der Waals surface area contributed by atoms with E-state index in [-0.39, 0.29) is 24.9 Å². The molecule has 4 N–H and O–H groups in total. The molecule has 10 heteroatoms. The Balaban J connectivity index is 3.71. The highest BCUT2D eigenvalue weighted by Gasteiger charge is 2.17. The molecule has 0 fully saturated rings. The molecule has 0 aromatic heterocycles. The third kappa shape index (κ3) is 18.6. The summed E-state index contributed by atoms with van der Waals surface area (Å²) in [6.45, 7) is 11.0. The van der Waals surface area contributed by atoms with Crippen LogP contribution in [0.4, 0.5) is 9.59 Å². The first-order chi connectivity index (χ1) is 13.8. The third-order valence-corrected chi connectivity index (χ3v) is 3.02. The Labute approximate surface area is 178 Å². The van der Waals surface area contributed by atoms with Gasteiger partial charge in [0.1, 0.15) is 11.2 Å². The van der Waals surface area contributed by atoms with Crippen molar-refractivity contribution in [2.75, 3.05) is 26.2 Å². The molecule has 30 heavy (non-hydrogen) atoms. The van der Waals surface area contributed by atoms with Gasteiger partial charge in [0.05, 0.1) is 13.1 Å². The highest BCUT2D eigenvalue weighted by Crippen LogP contribution is 2.06. The van der Waals surface area contributed by atoms with E-state index in [9.17, 15) is 19.2 Å². The van der Waals surface area contributed by atoms with E-state index in [0.29, 0.717) is 25.9 Å². The van der Waals surface area contributed by atoms with Gasteiger partial charge in [-0.3, -0.25) is 9.59 Å². The summed E-state index contributed by atoms with van der Waals surface area (Å²) in [6.07, 6.45) is 3.72. The zero-order chi connectivity index (χ0) is 23.2. The highest BCUT2D eigenvalue weighted by molar-refractivity contribution is 5.82. The molecule has 0 aromatic carbocycles. The van der Waals surface area contributed by atoms with Gasteiger partial charge in [0.2, 0.25) is 11.8 Å². The second-order valence-electron chi connectivity index (χ2n) is 8.46. The van der Waals surface area contributed by atoms with E-state index in [4.69, 9.17) is 9.47 Å². The van der Waals surface area contributed by atoms with Crippen molar-refractivity contribution in [1.82, 2.24) is 21.3 Å². The number of alkyl carbamates (subject to hydrolysis) is 2. The monoisotopic (exact) mass is 428 g/mol. The Kier molecular flexibility index (Phi) is 12.2. The summed E-state index contributed by atoms with van der Waals surface area (Å²) in [5, 5.41) is 10.1. The number of amides is 4. The van der Waals surface area contributed by atoms with Gasteiger partial charge in [-0.25, -0.2) is 9.59 Å². The van der Waals surface area contributed by atoms with Gasteiger partial charge in [0.25, 0.3) is 0 Å². The Morgan fingerprint density at radius 3 is 1.27 bits per heavy atom. The molecule has 10 nitrogen and oxygen atoms in total. The standard InChI is InChI=1S/C20H36N4O6/c1-19(2,3)29-17(27)23-13-15(25)21-11-9-7-8-10-12-22-16(26)14-24-18(28)30-20(4,5)6/h7-8H,9-14H2,1-6H3,(H,21,25)(H,22,26)(H,23,27)(H,24,28)/b8-7-. The van der Waals surface area contributed by atoms with Crippen molar-refractivity contribution in [3.8, 4) is 0 Å². The fourth-order valence-corrected chi connectivity index (χ4v) is 1.88. The molecule has 0 radical (unpaired) electrons. The Hall–Kier alpha value is -2.78. The fraction of sp³-hybridized carbons (Fsp3) is 0.700. The molecule has 0 heterocycles. The van der Waals surface area contributed by atoms with Gasteiger partial charge in [-0.05, 0) is 54.4 Å².